The summed E-state index contributed by atoms with van der Waals surface area (Å²) in [5.41, 5.74) is 0. The van der Waals surface area contributed by atoms with E-state index in [4.69, 9.17) is 9.84 Å². The molecule has 0 saturated heterocycles. The molecule has 1 aliphatic rings. The van der Waals surface area contributed by atoms with Gasteiger partial charge in [0.2, 0.25) is 0 Å². The van der Waals surface area contributed by atoms with E-state index in [1.165, 1.54) is 6.26 Å². The van der Waals surface area contributed by atoms with Crippen LogP contribution in [0.1, 0.15) is 12.8 Å². The van der Waals surface area contributed by atoms with Crippen molar-refractivity contribution in [1.29, 1.82) is 0 Å². The molecule has 0 aromatic rings. The Hall–Kier alpha value is -0.760. The molecule has 2 heteroatoms. The fraction of sp³-hybridized carbons (Fsp3) is 0.500. The predicted octanol–water partition coefficient (Wildman–Crippen LogP) is 1.23. The Morgan fingerprint density at radius 2 is 2.30 bits per heavy atom. The molecule has 1 aliphatic carbocycles. The maximum Gasteiger partial charge on any atom is 0.116 e. The van der Waals surface area contributed by atoms with Crippen LogP contribution in [0.3, 0.4) is 0 Å². The molecule has 0 spiro atoms. The van der Waals surface area contributed by atoms with E-state index in [-0.39, 0.29) is 12.2 Å². The second kappa shape index (κ2) is 3.42. The summed E-state index contributed by atoms with van der Waals surface area (Å²) in [6, 6.07) is 0. The zero-order valence-electron chi connectivity index (χ0n) is 5.86. The molecular formula is C8H12O2. The minimum atomic E-state index is -0.273. The van der Waals surface area contributed by atoms with Gasteiger partial charge in [-0.05, 0) is 18.9 Å². The van der Waals surface area contributed by atoms with E-state index in [1.807, 2.05) is 6.08 Å². The Morgan fingerprint density at radius 1 is 1.50 bits per heavy atom. The van der Waals surface area contributed by atoms with Crippen molar-refractivity contribution in [3.63, 3.8) is 0 Å². The van der Waals surface area contributed by atoms with Crippen LogP contribution >= 0.6 is 0 Å². The minimum Gasteiger partial charge on any atom is -0.495 e. The van der Waals surface area contributed by atoms with Gasteiger partial charge in [0, 0.05) is 0 Å². The Kier molecular flexibility index (Phi) is 2.51. The highest BCUT2D eigenvalue weighted by atomic mass is 16.5. The molecule has 0 radical (unpaired) electrons. The predicted molar refractivity (Wildman–Crippen MR) is 39.5 cm³/mol. The zero-order chi connectivity index (χ0) is 7.40. The average Bonchev–Trinajstić information content (AvgIpc) is 1.95. The highest BCUT2D eigenvalue weighted by Crippen LogP contribution is 2.13. The summed E-state index contributed by atoms with van der Waals surface area (Å²) in [6.45, 7) is 3.46. The molecule has 56 valence electrons. The van der Waals surface area contributed by atoms with Gasteiger partial charge in [0.25, 0.3) is 0 Å². The smallest absolute Gasteiger partial charge is 0.116 e. The molecule has 1 N–H and O–H groups in total. The van der Waals surface area contributed by atoms with Gasteiger partial charge in [0.1, 0.15) is 6.10 Å². The number of hydrogen-bond acceptors (Lipinski definition) is 2. The lowest BCUT2D eigenvalue weighted by molar-refractivity contribution is 0.130. The number of aliphatic hydroxyl groups excluding tert-OH is 1. The monoisotopic (exact) mass is 140 g/mol. The third-order valence-corrected chi connectivity index (χ3v) is 1.57. The van der Waals surface area contributed by atoms with Crippen LogP contribution in [0.4, 0.5) is 0 Å². The summed E-state index contributed by atoms with van der Waals surface area (Å²) in [5, 5.41) is 9.03. The number of hydrogen-bond donors (Lipinski definition) is 1. The van der Waals surface area contributed by atoms with Crippen LogP contribution in [0.25, 0.3) is 0 Å². The van der Waals surface area contributed by atoms with Crippen LogP contribution in [0.2, 0.25) is 0 Å². The molecule has 2 nitrogen and oxygen atoms in total. The van der Waals surface area contributed by atoms with Gasteiger partial charge >= 0.3 is 0 Å². The van der Waals surface area contributed by atoms with Gasteiger partial charge in [-0.15, -0.1) is 0 Å². The Balaban J connectivity index is 2.37. The second-order valence-electron chi connectivity index (χ2n) is 2.37. The molecule has 0 aromatic carbocycles. The molecular weight excluding hydrogens is 128 g/mol. The van der Waals surface area contributed by atoms with Gasteiger partial charge in [-0.3, -0.25) is 0 Å². The highest BCUT2D eigenvalue weighted by molar-refractivity contribution is 4.99. The minimum absolute atomic E-state index is 0.126. The molecule has 0 fully saturated rings. The molecule has 0 saturated carbocycles. The van der Waals surface area contributed by atoms with E-state index in [0.29, 0.717) is 0 Å². The molecule has 0 bridgehead atoms. The van der Waals surface area contributed by atoms with Crippen molar-refractivity contribution in [2.24, 2.45) is 0 Å². The van der Waals surface area contributed by atoms with Crippen LogP contribution < -0.4 is 0 Å². The van der Waals surface area contributed by atoms with E-state index < -0.39 is 0 Å². The summed E-state index contributed by atoms with van der Waals surface area (Å²) in [7, 11) is 0. The van der Waals surface area contributed by atoms with Crippen LogP contribution in [-0.2, 0) is 4.74 Å². The third-order valence-electron chi connectivity index (χ3n) is 1.57. The van der Waals surface area contributed by atoms with Crippen molar-refractivity contribution in [2.75, 3.05) is 0 Å². The van der Waals surface area contributed by atoms with Crippen molar-refractivity contribution >= 4 is 0 Å². The molecule has 2 atom stereocenters. The van der Waals surface area contributed by atoms with E-state index in [0.717, 1.165) is 12.8 Å². The van der Waals surface area contributed by atoms with Crippen molar-refractivity contribution in [2.45, 2.75) is 25.0 Å². The van der Waals surface area contributed by atoms with Crippen LogP contribution in [0.15, 0.2) is 25.0 Å². The van der Waals surface area contributed by atoms with Crippen LogP contribution in [0, 0.1) is 0 Å². The van der Waals surface area contributed by atoms with Gasteiger partial charge in [-0.2, -0.15) is 0 Å². The third kappa shape index (κ3) is 1.88. The van der Waals surface area contributed by atoms with E-state index in [1.54, 1.807) is 6.08 Å². The van der Waals surface area contributed by atoms with Crippen LogP contribution in [0.5, 0.6) is 0 Å². The van der Waals surface area contributed by atoms with E-state index in [2.05, 4.69) is 6.58 Å². The van der Waals surface area contributed by atoms with Gasteiger partial charge in [-0.25, -0.2) is 0 Å². The highest BCUT2D eigenvalue weighted by Gasteiger charge is 2.12. The lowest BCUT2D eigenvalue weighted by Crippen LogP contribution is -2.16. The van der Waals surface area contributed by atoms with Crippen molar-refractivity contribution < 1.29 is 9.84 Å². The van der Waals surface area contributed by atoms with Crippen molar-refractivity contribution in [3.05, 3.63) is 25.0 Å². The fourth-order valence-corrected chi connectivity index (χ4v) is 1.02. The maximum absolute atomic E-state index is 9.03. The quantitative estimate of drug-likeness (QED) is 0.461. The summed E-state index contributed by atoms with van der Waals surface area (Å²) >= 11 is 0. The maximum atomic E-state index is 9.03. The zero-order valence-corrected chi connectivity index (χ0v) is 5.86. The molecule has 0 aliphatic heterocycles. The van der Waals surface area contributed by atoms with Crippen molar-refractivity contribution in [3.8, 4) is 0 Å². The Morgan fingerprint density at radius 3 is 2.80 bits per heavy atom. The second-order valence-corrected chi connectivity index (χ2v) is 2.37. The first-order valence-electron chi connectivity index (χ1n) is 3.45. The Labute approximate surface area is 60.8 Å². The molecule has 10 heavy (non-hydrogen) atoms. The summed E-state index contributed by atoms with van der Waals surface area (Å²) in [6.07, 6.45) is 6.59. The molecule has 0 unspecified atom stereocenters. The van der Waals surface area contributed by atoms with E-state index in [9.17, 15) is 0 Å². The molecule has 0 amide bonds. The fourth-order valence-electron chi connectivity index (χ4n) is 1.02. The lowest BCUT2D eigenvalue weighted by atomic mass is 10.0. The van der Waals surface area contributed by atoms with E-state index >= 15 is 0 Å². The normalized spacial score (nSPS) is 31.7. The standard InChI is InChI=1S/C8H12O2/c1-2-10-8-5-3-7(9)4-6-8/h2-3,5,7-9H,1,4,6H2/t7-,8+/m1/s1. The SMILES string of the molecule is C=CO[C@H]1C=C[C@@H](O)CC1. The first-order valence-corrected chi connectivity index (χ1v) is 3.45. The van der Waals surface area contributed by atoms with Gasteiger partial charge in [-0.1, -0.05) is 12.7 Å². The van der Waals surface area contributed by atoms with Crippen molar-refractivity contribution in [1.82, 2.24) is 0 Å². The van der Waals surface area contributed by atoms with Gasteiger partial charge in [0.05, 0.1) is 12.4 Å². The number of aliphatic hydroxyl groups is 1. The summed E-state index contributed by atoms with van der Waals surface area (Å²) in [4.78, 5) is 0. The average molecular weight is 140 g/mol. The topological polar surface area (TPSA) is 29.5 Å². The summed E-state index contributed by atoms with van der Waals surface area (Å²) in [5.74, 6) is 0. The first-order chi connectivity index (χ1) is 4.83. The number of ether oxygens (including phenoxy) is 1. The van der Waals surface area contributed by atoms with Gasteiger partial charge in [0.15, 0.2) is 0 Å². The molecule has 0 aromatic heterocycles. The summed E-state index contributed by atoms with van der Waals surface area (Å²) < 4.78 is 5.10. The number of rotatable bonds is 2. The molecule has 0 heterocycles. The largest absolute Gasteiger partial charge is 0.495 e. The van der Waals surface area contributed by atoms with Gasteiger partial charge < -0.3 is 9.84 Å². The lowest BCUT2D eigenvalue weighted by Gasteiger charge is -2.18. The Bertz CT molecular complexity index is 140. The first kappa shape index (κ1) is 7.35. The van der Waals surface area contributed by atoms with Crippen LogP contribution in [-0.4, -0.2) is 17.3 Å². The molecule has 1 rings (SSSR count).